The van der Waals surface area contributed by atoms with Crippen LogP contribution in [-0.2, 0) is 0 Å². The van der Waals surface area contributed by atoms with Gasteiger partial charge in [-0.15, -0.1) is 0 Å². The van der Waals surface area contributed by atoms with Crippen LogP contribution in [0.5, 0.6) is 0 Å². The molecule has 1 aromatic rings. The van der Waals surface area contributed by atoms with Gasteiger partial charge in [0.1, 0.15) is 0 Å². The number of carbonyl (C=O) groups excluding carboxylic acids is 1. The second kappa shape index (κ2) is 3.98. The van der Waals surface area contributed by atoms with E-state index >= 15 is 0 Å². The highest BCUT2D eigenvalue weighted by atomic mass is 79.9. The van der Waals surface area contributed by atoms with E-state index in [-0.39, 0.29) is 21.8 Å². The van der Waals surface area contributed by atoms with Crippen LogP contribution >= 0.6 is 27.5 Å². The van der Waals surface area contributed by atoms with Crippen molar-refractivity contribution in [3.05, 3.63) is 22.7 Å². The van der Waals surface area contributed by atoms with E-state index in [0.717, 1.165) is 0 Å². The van der Waals surface area contributed by atoms with Crippen LogP contribution in [0.15, 0.2) is 12.1 Å². The molecule has 0 fully saturated rings. The Hall–Kier alpha value is -0.740. The van der Waals surface area contributed by atoms with Gasteiger partial charge in [0.2, 0.25) is 0 Å². The average Bonchev–Trinajstić information content (AvgIpc) is 2.13. The first-order chi connectivity index (χ1) is 6.07. The zero-order valence-corrected chi connectivity index (χ0v) is 9.02. The van der Waals surface area contributed by atoms with E-state index in [1.54, 1.807) is 12.1 Å². The van der Waals surface area contributed by atoms with Gasteiger partial charge in [-0.25, -0.2) is 0 Å². The molecule has 5 heteroatoms. The normalized spacial score (nSPS) is 10.0. The molecule has 0 aliphatic heterocycles. The lowest BCUT2D eigenvalue weighted by Crippen LogP contribution is -2.04. The fraction of sp³-hybridized carbons (Fsp3) is 0.125. The predicted octanol–water partition coefficient (Wildman–Crippen LogP) is 2.08. The number of nitrogens with two attached hydrogens (primary N) is 2. The zero-order chi connectivity index (χ0) is 10.0. The molecule has 0 radical (unpaired) electrons. The molecular formula is C8H8BrClN2O. The van der Waals surface area contributed by atoms with Gasteiger partial charge >= 0.3 is 0 Å². The summed E-state index contributed by atoms with van der Waals surface area (Å²) in [6, 6.07) is 3.13. The molecule has 1 aromatic carbocycles. The molecule has 0 aliphatic carbocycles. The number of Topliss-reactive ketones (excluding diaryl/α,β-unsaturated/α-hetero) is 1. The van der Waals surface area contributed by atoms with Crippen molar-refractivity contribution in [1.29, 1.82) is 0 Å². The molecule has 13 heavy (non-hydrogen) atoms. The number of hydrogen-bond acceptors (Lipinski definition) is 3. The van der Waals surface area contributed by atoms with Crippen molar-refractivity contribution in [2.45, 2.75) is 0 Å². The Balaban J connectivity index is 3.26. The van der Waals surface area contributed by atoms with Crippen LogP contribution in [0.4, 0.5) is 11.4 Å². The lowest BCUT2D eigenvalue weighted by Gasteiger charge is -2.06. The first-order valence-corrected chi connectivity index (χ1v) is 5.00. The quantitative estimate of drug-likeness (QED) is 0.488. The molecule has 1 rings (SSSR count). The van der Waals surface area contributed by atoms with E-state index in [1.165, 1.54) is 0 Å². The zero-order valence-electron chi connectivity index (χ0n) is 6.68. The summed E-state index contributed by atoms with van der Waals surface area (Å²) in [7, 11) is 0. The average molecular weight is 264 g/mol. The molecule has 0 unspecified atom stereocenters. The maximum absolute atomic E-state index is 11.3. The standard InChI is InChI=1S/C8H8BrClN2O/c9-3-6(13)4-1-2-5(11)8(12)7(4)10/h1-2H,3,11-12H2. The third-order valence-corrected chi connectivity index (χ3v) is 2.55. The van der Waals surface area contributed by atoms with Crippen LogP contribution < -0.4 is 11.5 Å². The van der Waals surface area contributed by atoms with Crippen molar-refractivity contribution in [3.8, 4) is 0 Å². The van der Waals surface area contributed by atoms with Crippen LogP contribution in [0.1, 0.15) is 10.4 Å². The minimum absolute atomic E-state index is 0.114. The van der Waals surface area contributed by atoms with Crippen LogP contribution in [0.25, 0.3) is 0 Å². The van der Waals surface area contributed by atoms with Crippen molar-refractivity contribution in [3.63, 3.8) is 0 Å². The Morgan fingerprint density at radius 1 is 1.46 bits per heavy atom. The summed E-state index contributed by atoms with van der Waals surface area (Å²) < 4.78 is 0. The summed E-state index contributed by atoms with van der Waals surface area (Å²) in [6.45, 7) is 0. The summed E-state index contributed by atoms with van der Waals surface area (Å²) in [5, 5.41) is 0.445. The Morgan fingerprint density at radius 2 is 2.08 bits per heavy atom. The van der Waals surface area contributed by atoms with Crippen LogP contribution in [0, 0.1) is 0 Å². The first kappa shape index (κ1) is 10.3. The SMILES string of the molecule is Nc1ccc(C(=O)CBr)c(Cl)c1N. The Bertz CT molecular complexity index is 354. The highest BCUT2D eigenvalue weighted by Gasteiger charge is 2.12. The van der Waals surface area contributed by atoms with Gasteiger partial charge in [0.15, 0.2) is 5.78 Å². The molecule has 0 spiro atoms. The van der Waals surface area contributed by atoms with Gasteiger partial charge < -0.3 is 11.5 Å². The van der Waals surface area contributed by atoms with Gasteiger partial charge in [-0.05, 0) is 12.1 Å². The number of rotatable bonds is 2. The number of anilines is 2. The van der Waals surface area contributed by atoms with Gasteiger partial charge in [0.25, 0.3) is 0 Å². The Morgan fingerprint density at radius 3 is 2.62 bits per heavy atom. The van der Waals surface area contributed by atoms with Crippen molar-refractivity contribution in [2.24, 2.45) is 0 Å². The van der Waals surface area contributed by atoms with Gasteiger partial charge in [-0.1, -0.05) is 27.5 Å². The van der Waals surface area contributed by atoms with Crippen LogP contribution in [0.2, 0.25) is 5.02 Å². The minimum atomic E-state index is -0.114. The largest absolute Gasteiger partial charge is 0.397 e. The molecule has 70 valence electrons. The smallest absolute Gasteiger partial charge is 0.174 e. The van der Waals surface area contributed by atoms with E-state index in [2.05, 4.69) is 15.9 Å². The summed E-state index contributed by atoms with van der Waals surface area (Å²) in [4.78, 5) is 11.3. The lowest BCUT2D eigenvalue weighted by molar-refractivity contribution is 0.102. The van der Waals surface area contributed by atoms with Crippen LogP contribution in [-0.4, -0.2) is 11.1 Å². The molecule has 0 atom stereocenters. The molecule has 4 N–H and O–H groups in total. The maximum Gasteiger partial charge on any atom is 0.174 e. The van der Waals surface area contributed by atoms with Gasteiger partial charge in [-0.3, -0.25) is 4.79 Å². The fourth-order valence-electron chi connectivity index (χ4n) is 0.895. The Kier molecular flexibility index (Phi) is 3.17. The molecule has 0 amide bonds. The molecular weight excluding hydrogens is 255 g/mol. The van der Waals surface area contributed by atoms with Gasteiger partial charge in [0, 0.05) is 5.56 Å². The Labute approximate surface area is 89.2 Å². The molecule has 0 bridgehead atoms. The molecule has 0 saturated heterocycles. The monoisotopic (exact) mass is 262 g/mol. The van der Waals surface area contributed by atoms with E-state index in [0.29, 0.717) is 11.3 Å². The topological polar surface area (TPSA) is 69.1 Å². The van der Waals surface area contributed by atoms with E-state index < -0.39 is 0 Å². The van der Waals surface area contributed by atoms with E-state index in [9.17, 15) is 4.79 Å². The predicted molar refractivity (Wildman–Crippen MR) is 58.4 cm³/mol. The van der Waals surface area contributed by atoms with E-state index in [1.807, 2.05) is 0 Å². The summed E-state index contributed by atoms with van der Waals surface area (Å²) in [5.74, 6) is -0.114. The van der Waals surface area contributed by atoms with Gasteiger partial charge in [0.05, 0.1) is 21.7 Å². The number of carbonyl (C=O) groups is 1. The van der Waals surface area contributed by atoms with Crippen molar-refractivity contribution in [1.82, 2.24) is 0 Å². The third-order valence-electron chi connectivity index (χ3n) is 1.64. The number of benzene rings is 1. The minimum Gasteiger partial charge on any atom is -0.397 e. The maximum atomic E-state index is 11.3. The number of nitrogen functional groups attached to an aromatic ring is 2. The third kappa shape index (κ3) is 1.95. The second-order valence-electron chi connectivity index (χ2n) is 2.49. The number of hydrogen-bond donors (Lipinski definition) is 2. The summed E-state index contributed by atoms with van der Waals surface area (Å²) in [6.07, 6.45) is 0. The van der Waals surface area contributed by atoms with E-state index in [4.69, 9.17) is 23.1 Å². The number of ketones is 1. The molecule has 0 aliphatic rings. The second-order valence-corrected chi connectivity index (χ2v) is 3.43. The van der Waals surface area contributed by atoms with Crippen molar-refractivity contribution >= 4 is 44.7 Å². The lowest BCUT2D eigenvalue weighted by atomic mass is 10.1. The highest BCUT2D eigenvalue weighted by Crippen LogP contribution is 2.29. The number of alkyl halides is 1. The van der Waals surface area contributed by atoms with Crippen LogP contribution in [0.3, 0.4) is 0 Å². The fourth-order valence-corrected chi connectivity index (χ4v) is 1.47. The molecule has 0 aromatic heterocycles. The van der Waals surface area contributed by atoms with Crippen molar-refractivity contribution < 1.29 is 4.79 Å². The van der Waals surface area contributed by atoms with Crippen molar-refractivity contribution in [2.75, 3.05) is 16.8 Å². The number of halogens is 2. The van der Waals surface area contributed by atoms with Gasteiger partial charge in [-0.2, -0.15) is 0 Å². The first-order valence-electron chi connectivity index (χ1n) is 3.50. The molecule has 0 saturated carbocycles. The highest BCUT2D eigenvalue weighted by molar-refractivity contribution is 9.09. The molecule has 3 nitrogen and oxygen atoms in total. The summed E-state index contributed by atoms with van der Waals surface area (Å²) >= 11 is 8.87. The summed E-state index contributed by atoms with van der Waals surface area (Å²) in [5.41, 5.74) is 12.1. The molecule has 0 heterocycles.